The maximum Gasteiger partial charge on any atom is 0.224 e. The Labute approximate surface area is 89.6 Å². The van der Waals surface area contributed by atoms with E-state index in [9.17, 15) is 0 Å². The second-order valence-corrected chi connectivity index (χ2v) is 3.78. The van der Waals surface area contributed by atoms with Crippen LogP contribution < -0.4 is 0 Å². The van der Waals surface area contributed by atoms with Gasteiger partial charge in [-0.25, -0.2) is 9.97 Å². The van der Waals surface area contributed by atoms with E-state index in [4.69, 9.17) is 16.9 Å². The molecule has 0 fully saturated rings. The lowest BCUT2D eigenvalue weighted by molar-refractivity contribution is 1.15. The minimum Gasteiger partial charge on any atom is -0.217 e. The standard InChI is InChI=1S/C9H4ClN3S/c10-9-12-6(5-11)4-7(13-9)8-2-1-3-14-8/h1-4H. The smallest absolute Gasteiger partial charge is 0.217 e. The van der Waals surface area contributed by atoms with Crippen molar-refractivity contribution in [2.24, 2.45) is 0 Å². The van der Waals surface area contributed by atoms with Crippen LogP contribution in [0, 0.1) is 11.3 Å². The quantitative estimate of drug-likeness (QED) is 0.696. The number of hydrogen-bond donors (Lipinski definition) is 0. The van der Waals surface area contributed by atoms with Crippen molar-refractivity contribution in [3.63, 3.8) is 0 Å². The molecule has 0 aliphatic carbocycles. The molecule has 0 bridgehead atoms. The highest BCUT2D eigenvalue weighted by atomic mass is 35.5. The van der Waals surface area contributed by atoms with Crippen molar-refractivity contribution in [1.29, 1.82) is 5.26 Å². The normalized spacial score (nSPS) is 9.71. The van der Waals surface area contributed by atoms with Gasteiger partial charge in [-0.1, -0.05) is 6.07 Å². The number of thiophene rings is 1. The highest BCUT2D eigenvalue weighted by molar-refractivity contribution is 7.13. The molecule has 0 amide bonds. The second-order valence-electron chi connectivity index (χ2n) is 2.50. The Bertz CT molecular complexity index is 487. The molecule has 2 aromatic rings. The maximum atomic E-state index is 8.69. The van der Waals surface area contributed by atoms with Crippen molar-refractivity contribution >= 4 is 22.9 Å². The predicted molar refractivity (Wildman–Crippen MR) is 55.1 cm³/mol. The summed E-state index contributed by atoms with van der Waals surface area (Å²) in [6.45, 7) is 0. The van der Waals surface area contributed by atoms with Gasteiger partial charge in [0.15, 0.2) is 0 Å². The molecule has 0 unspecified atom stereocenters. The minimum absolute atomic E-state index is 0.104. The molecule has 0 atom stereocenters. The molecule has 2 rings (SSSR count). The van der Waals surface area contributed by atoms with Crippen LogP contribution in [0.2, 0.25) is 5.28 Å². The molecule has 0 aromatic carbocycles. The molecule has 0 aliphatic rings. The van der Waals surface area contributed by atoms with Crippen LogP contribution in [0.1, 0.15) is 5.69 Å². The third-order valence-corrected chi connectivity index (χ3v) is 2.65. The maximum absolute atomic E-state index is 8.69. The summed E-state index contributed by atoms with van der Waals surface area (Å²) in [7, 11) is 0. The summed E-state index contributed by atoms with van der Waals surface area (Å²) in [5.41, 5.74) is 0.977. The first-order chi connectivity index (χ1) is 6.79. The van der Waals surface area contributed by atoms with Gasteiger partial charge in [-0.05, 0) is 23.0 Å². The fourth-order valence-corrected chi connectivity index (χ4v) is 1.89. The average molecular weight is 222 g/mol. The van der Waals surface area contributed by atoms with Crippen LogP contribution in [0.4, 0.5) is 0 Å². The summed E-state index contributed by atoms with van der Waals surface area (Å²) in [4.78, 5) is 8.78. The lowest BCUT2D eigenvalue weighted by Crippen LogP contribution is -1.89. The van der Waals surface area contributed by atoms with Gasteiger partial charge >= 0.3 is 0 Å². The average Bonchev–Trinajstić information content (AvgIpc) is 2.69. The largest absolute Gasteiger partial charge is 0.224 e. The van der Waals surface area contributed by atoms with Crippen LogP contribution in [0.3, 0.4) is 0 Å². The summed E-state index contributed by atoms with van der Waals surface area (Å²) in [6.07, 6.45) is 0. The fraction of sp³-hybridized carbons (Fsp3) is 0. The minimum atomic E-state index is 0.104. The van der Waals surface area contributed by atoms with Gasteiger partial charge in [0.2, 0.25) is 5.28 Å². The Kier molecular flexibility index (Phi) is 2.44. The van der Waals surface area contributed by atoms with E-state index in [1.165, 1.54) is 0 Å². The lowest BCUT2D eigenvalue weighted by atomic mass is 10.3. The van der Waals surface area contributed by atoms with Crippen LogP contribution in [0.5, 0.6) is 0 Å². The monoisotopic (exact) mass is 221 g/mol. The number of rotatable bonds is 1. The van der Waals surface area contributed by atoms with Crippen LogP contribution in [-0.2, 0) is 0 Å². The first kappa shape index (κ1) is 9.13. The van der Waals surface area contributed by atoms with Gasteiger partial charge in [0.1, 0.15) is 11.8 Å². The van der Waals surface area contributed by atoms with E-state index in [1.807, 2.05) is 23.6 Å². The van der Waals surface area contributed by atoms with E-state index in [2.05, 4.69) is 9.97 Å². The van der Waals surface area contributed by atoms with Gasteiger partial charge in [-0.15, -0.1) is 11.3 Å². The fourth-order valence-electron chi connectivity index (χ4n) is 1.03. The van der Waals surface area contributed by atoms with E-state index in [-0.39, 0.29) is 11.0 Å². The van der Waals surface area contributed by atoms with Crippen LogP contribution in [0.15, 0.2) is 23.6 Å². The Balaban J connectivity index is 2.55. The van der Waals surface area contributed by atoms with E-state index >= 15 is 0 Å². The molecule has 0 saturated carbocycles. The van der Waals surface area contributed by atoms with Crippen molar-refractivity contribution in [2.75, 3.05) is 0 Å². The van der Waals surface area contributed by atoms with Crippen LogP contribution in [0.25, 0.3) is 10.6 Å². The summed E-state index contributed by atoms with van der Waals surface area (Å²) in [5.74, 6) is 0. The summed E-state index contributed by atoms with van der Waals surface area (Å²) >= 11 is 7.22. The first-order valence-corrected chi connectivity index (χ1v) is 5.04. The zero-order valence-electron chi connectivity index (χ0n) is 6.94. The molecule has 2 heterocycles. The van der Waals surface area contributed by atoms with Crippen molar-refractivity contribution in [3.8, 4) is 16.6 Å². The predicted octanol–water partition coefficient (Wildman–Crippen LogP) is 2.73. The molecule has 0 aliphatic heterocycles. The molecule has 0 radical (unpaired) electrons. The Morgan fingerprint density at radius 3 is 2.93 bits per heavy atom. The van der Waals surface area contributed by atoms with Crippen LogP contribution in [-0.4, -0.2) is 9.97 Å². The van der Waals surface area contributed by atoms with Crippen molar-refractivity contribution in [2.45, 2.75) is 0 Å². The number of halogens is 1. The number of aromatic nitrogens is 2. The SMILES string of the molecule is N#Cc1cc(-c2cccs2)nc(Cl)n1. The summed E-state index contributed by atoms with van der Waals surface area (Å²) in [5, 5.41) is 10.7. The second kappa shape index (κ2) is 3.74. The number of hydrogen-bond acceptors (Lipinski definition) is 4. The van der Waals surface area contributed by atoms with Gasteiger partial charge in [0.25, 0.3) is 0 Å². The number of nitriles is 1. The summed E-state index contributed by atoms with van der Waals surface area (Å²) < 4.78 is 0. The molecular formula is C9H4ClN3S. The topological polar surface area (TPSA) is 49.6 Å². The van der Waals surface area contributed by atoms with E-state index < -0.39 is 0 Å². The first-order valence-electron chi connectivity index (χ1n) is 3.78. The van der Waals surface area contributed by atoms with Gasteiger partial charge in [-0.3, -0.25) is 0 Å². The molecule has 3 nitrogen and oxygen atoms in total. The highest BCUT2D eigenvalue weighted by Gasteiger charge is 2.05. The molecule has 5 heteroatoms. The highest BCUT2D eigenvalue weighted by Crippen LogP contribution is 2.23. The van der Waals surface area contributed by atoms with Gasteiger partial charge in [0.05, 0.1) is 10.6 Å². The van der Waals surface area contributed by atoms with Gasteiger partial charge in [0, 0.05) is 6.07 Å². The molecule has 0 saturated heterocycles. The van der Waals surface area contributed by atoms with Crippen molar-refractivity contribution < 1.29 is 0 Å². The van der Waals surface area contributed by atoms with Crippen molar-refractivity contribution in [1.82, 2.24) is 9.97 Å². The molecule has 14 heavy (non-hydrogen) atoms. The molecule has 0 spiro atoms. The zero-order valence-corrected chi connectivity index (χ0v) is 8.51. The molecule has 2 aromatic heterocycles. The Morgan fingerprint density at radius 1 is 1.43 bits per heavy atom. The Morgan fingerprint density at radius 2 is 2.29 bits per heavy atom. The Hall–Kier alpha value is -1.44. The molecular weight excluding hydrogens is 218 g/mol. The summed E-state index contributed by atoms with van der Waals surface area (Å²) in [6, 6.07) is 7.40. The zero-order chi connectivity index (χ0) is 9.97. The molecule has 68 valence electrons. The van der Waals surface area contributed by atoms with Crippen LogP contribution >= 0.6 is 22.9 Å². The van der Waals surface area contributed by atoms with E-state index in [0.29, 0.717) is 5.69 Å². The molecule has 0 N–H and O–H groups in total. The number of nitrogens with zero attached hydrogens (tertiary/aromatic N) is 3. The van der Waals surface area contributed by atoms with E-state index in [1.54, 1.807) is 17.4 Å². The third kappa shape index (κ3) is 1.74. The van der Waals surface area contributed by atoms with Gasteiger partial charge < -0.3 is 0 Å². The van der Waals surface area contributed by atoms with E-state index in [0.717, 1.165) is 4.88 Å². The lowest BCUT2D eigenvalue weighted by Gasteiger charge is -1.97. The third-order valence-electron chi connectivity index (χ3n) is 1.59. The van der Waals surface area contributed by atoms with Gasteiger partial charge in [-0.2, -0.15) is 5.26 Å². The van der Waals surface area contributed by atoms with Crippen molar-refractivity contribution in [3.05, 3.63) is 34.6 Å².